The Kier molecular flexibility index (Phi) is 4.53. The summed E-state index contributed by atoms with van der Waals surface area (Å²) in [7, 11) is 0. The monoisotopic (exact) mass is 243 g/mol. The van der Waals surface area contributed by atoms with Crippen molar-refractivity contribution in [3.63, 3.8) is 0 Å². The fourth-order valence-electron chi connectivity index (χ4n) is 2.05. The number of nitrogens with one attached hydrogen (secondary N) is 1. The molecule has 2 aromatic rings. The van der Waals surface area contributed by atoms with E-state index in [4.69, 9.17) is 5.73 Å². The Bertz CT molecular complexity index is 508. The van der Waals surface area contributed by atoms with Crippen LogP contribution in [-0.2, 0) is 0 Å². The molecule has 1 aromatic carbocycles. The number of fused-ring (bicyclic) bond motifs is 1. The zero-order valence-electron chi connectivity index (χ0n) is 10.9. The molecular weight excluding hydrogens is 222 g/mol. The molecule has 1 aromatic heterocycles. The van der Waals surface area contributed by atoms with E-state index in [1.807, 2.05) is 18.2 Å². The highest BCUT2D eigenvalue weighted by atomic mass is 15.0. The van der Waals surface area contributed by atoms with Crippen LogP contribution in [0.2, 0.25) is 0 Å². The fraction of sp³-hybridized carbons (Fsp3) is 0.400. The van der Waals surface area contributed by atoms with Crippen molar-refractivity contribution in [2.45, 2.75) is 26.2 Å². The topological polar surface area (TPSA) is 50.9 Å². The summed E-state index contributed by atoms with van der Waals surface area (Å²) in [5.74, 6) is 1.00. The quantitative estimate of drug-likeness (QED) is 0.767. The van der Waals surface area contributed by atoms with Crippen molar-refractivity contribution in [3.8, 4) is 0 Å². The molecule has 1 heterocycles. The number of aryl methyl sites for hydroxylation is 1. The van der Waals surface area contributed by atoms with Gasteiger partial charge in [0.15, 0.2) is 0 Å². The van der Waals surface area contributed by atoms with E-state index < -0.39 is 0 Å². The van der Waals surface area contributed by atoms with Crippen molar-refractivity contribution in [2.24, 2.45) is 5.73 Å². The summed E-state index contributed by atoms with van der Waals surface area (Å²) in [6.07, 6.45) is 3.42. The number of benzene rings is 1. The lowest BCUT2D eigenvalue weighted by molar-refractivity contribution is 0.706. The van der Waals surface area contributed by atoms with Gasteiger partial charge in [0.25, 0.3) is 0 Å². The van der Waals surface area contributed by atoms with Crippen LogP contribution in [0.5, 0.6) is 0 Å². The number of unbranched alkanes of at least 4 members (excludes halogenated alkanes) is 2. The van der Waals surface area contributed by atoms with Crippen molar-refractivity contribution in [1.29, 1.82) is 0 Å². The van der Waals surface area contributed by atoms with E-state index in [0.717, 1.165) is 37.3 Å². The van der Waals surface area contributed by atoms with Crippen LogP contribution in [-0.4, -0.2) is 18.1 Å². The van der Waals surface area contributed by atoms with Crippen molar-refractivity contribution in [2.75, 3.05) is 18.4 Å². The van der Waals surface area contributed by atoms with Gasteiger partial charge in [0.1, 0.15) is 5.82 Å². The molecule has 0 fully saturated rings. The molecule has 0 aliphatic carbocycles. The minimum Gasteiger partial charge on any atom is -0.370 e. The van der Waals surface area contributed by atoms with E-state index >= 15 is 0 Å². The van der Waals surface area contributed by atoms with E-state index in [0.29, 0.717) is 0 Å². The van der Waals surface area contributed by atoms with Crippen molar-refractivity contribution >= 4 is 16.7 Å². The summed E-state index contributed by atoms with van der Waals surface area (Å²) in [6, 6.07) is 10.4. The number of anilines is 1. The average molecular weight is 243 g/mol. The Morgan fingerprint density at radius 1 is 1.17 bits per heavy atom. The SMILES string of the molecule is Cc1cc2ccccc2nc1NCCCCCN. The van der Waals surface area contributed by atoms with Gasteiger partial charge < -0.3 is 11.1 Å². The number of nitrogens with zero attached hydrogens (tertiary/aromatic N) is 1. The molecule has 0 spiro atoms. The summed E-state index contributed by atoms with van der Waals surface area (Å²) in [4.78, 5) is 4.66. The molecular formula is C15H21N3. The lowest BCUT2D eigenvalue weighted by atomic mass is 10.1. The fourth-order valence-corrected chi connectivity index (χ4v) is 2.05. The predicted octanol–water partition coefficient (Wildman–Crippen LogP) is 3.08. The summed E-state index contributed by atoms with van der Waals surface area (Å²) in [5.41, 5.74) is 7.73. The molecule has 96 valence electrons. The maximum absolute atomic E-state index is 5.48. The Morgan fingerprint density at radius 3 is 2.83 bits per heavy atom. The Morgan fingerprint density at radius 2 is 2.00 bits per heavy atom. The smallest absolute Gasteiger partial charge is 0.129 e. The largest absolute Gasteiger partial charge is 0.370 e. The van der Waals surface area contributed by atoms with Crippen molar-refractivity contribution in [1.82, 2.24) is 4.98 Å². The molecule has 0 unspecified atom stereocenters. The van der Waals surface area contributed by atoms with E-state index in [9.17, 15) is 0 Å². The Hall–Kier alpha value is -1.61. The first-order valence-corrected chi connectivity index (χ1v) is 6.61. The third-order valence-electron chi connectivity index (χ3n) is 3.09. The number of pyridine rings is 1. The number of para-hydroxylation sites is 1. The standard InChI is InChI=1S/C15H21N3/c1-12-11-13-7-3-4-8-14(13)18-15(12)17-10-6-2-5-9-16/h3-4,7-8,11H,2,5-6,9-10,16H2,1H3,(H,17,18). The molecule has 0 aliphatic heterocycles. The van der Waals surface area contributed by atoms with Crippen molar-refractivity contribution in [3.05, 3.63) is 35.9 Å². The first-order valence-electron chi connectivity index (χ1n) is 6.61. The van der Waals surface area contributed by atoms with Gasteiger partial charge in [-0.3, -0.25) is 0 Å². The molecule has 0 saturated carbocycles. The van der Waals surface area contributed by atoms with Gasteiger partial charge >= 0.3 is 0 Å². The maximum Gasteiger partial charge on any atom is 0.129 e. The van der Waals surface area contributed by atoms with Gasteiger partial charge in [0, 0.05) is 11.9 Å². The Balaban J connectivity index is 2.01. The zero-order chi connectivity index (χ0) is 12.8. The number of aromatic nitrogens is 1. The van der Waals surface area contributed by atoms with Crippen LogP contribution in [0, 0.1) is 6.92 Å². The molecule has 0 radical (unpaired) electrons. The second kappa shape index (κ2) is 6.36. The molecule has 18 heavy (non-hydrogen) atoms. The molecule has 3 heteroatoms. The van der Waals surface area contributed by atoms with Crippen LogP contribution in [0.1, 0.15) is 24.8 Å². The molecule has 2 rings (SSSR count). The van der Waals surface area contributed by atoms with Gasteiger partial charge in [-0.05, 0) is 44.0 Å². The average Bonchev–Trinajstić information content (AvgIpc) is 2.39. The summed E-state index contributed by atoms with van der Waals surface area (Å²) in [5, 5.41) is 4.61. The first kappa shape index (κ1) is 12.8. The maximum atomic E-state index is 5.48. The zero-order valence-corrected chi connectivity index (χ0v) is 10.9. The molecule has 0 saturated heterocycles. The first-order chi connectivity index (χ1) is 8.81. The highest BCUT2D eigenvalue weighted by Gasteiger charge is 2.02. The molecule has 0 aliphatic rings. The van der Waals surface area contributed by atoms with E-state index in [-0.39, 0.29) is 0 Å². The summed E-state index contributed by atoms with van der Waals surface area (Å²) < 4.78 is 0. The molecule has 0 bridgehead atoms. The predicted molar refractivity (Wildman–Crippen MR) is 77.9 cm³/mol. The molecule has 3 nitrogen and oxygen atoms in total. The lowest BCUT2D eigenvalue weighted by Crippen LogP contribution is -2.06. The minimum absolute atomic E-state index is 0.785. The molecule has 0 amide bonds. The van der Waals surface area contributed by atoms with E-state index in [1.54, 1.807) is 0 Å². The van der Waals surface area contributed by atoms with Gasteiger partial charge in [-0.15, -0.1) is 0 Å². The third-order valence-corrected chi connectivity index (χ3v) is 3.09. The third kappa shape index (κ3) is 3.20. The van der Waals surface area contributed by atoms with Crippen LogP contribution < -0.4 is 11.1 Å². The second-order valence-corrected chi connectivity index (χ2v) is 4.62. The van der Waals surface area contributed by atoms with Gasteiger partial charge in [0.2, 0.25) is 0 Å². The number of nitrogens with two attached hydrogens (primary N) is 1. The highest BCUT2D eigenvalue weighted by Crippen LogP contribution is 2.19. The summed E-state index contributed by atoms with van der Waals surface area (Å²) in [6.45, 7) is 3.85. The van der Waals surface area contributed by atoms with E-state index in [2.05, 4.69) is 29.4 Å². The van der Waals surface area contributed by atoms with Gasteiger partial charge in [-0.2, -0.15) is 0 Å². The summed E-state index contributed by atoms with van der Waals surface area (Å²) >= 11 is 0. The van der Waals surface area contributed by atoms with Gasteiger partial charge in [0.05, 0.1) is 5.52 Å². The second-order valence-electron chi connectivity index (χ2n) is 4.62. The molecule has 3 N–H and O–H groups in total. The van der Waals surface area contributed by atoms with Crippen LogP contribution in [0.15, 0.2) is 30.3 Å². The normalized spacial score (nSPS) is 10.8. The highest BCUT2D eigenvalue weighted by molar-refractivity contribution is 5.81. The Labute approximate surface area is 108 Å². The van der Waals surface area contributed by atoms with E-state index in [1.165, 1.54) is 17.4 Å². The van der Waals surface area contributed by atoms with Crippen LogP contribution in [0.25, 0.3) is 10.9 Å². The van der Waals surface area contributed by atoms with Gasteiger partial charge in [-0.1, -0.05) is 24.6 Å². The molecule has 0 atom stereocenters. The number of hydrogen-bond acceptors (Lipinski definition) is 3. The lowest BCUT2D eigenvalue weighted by Gasteiger charge is -2.09. The number of rotatable bonds is 6. The van der Waals surface area contributed by atoms with Crippen LogP contribution >= 0.6 is 0 Å². The van der Waals surface area contributed by atoms with Crippen molar-refractivity contribution < 1.29 is 0 Å². The minimum atomic E-state index is 0.785. The van der Waals surface area contributed by atoms with Crippen LogP contribution in [0.3, 0.4) is 0 Å². The van der Waals surface area contributed by atoms with Crippen LogP contribution in [0.4, 0.5) is 5.82 Å². The van der Waals surface area contributed by atoms with Gasteiger partial charge in [-0.25, -0.2) is 4.98 Å². The number of hydrogen-bond donors (Lipinski definition) is 2.